The maximum atomic E-state index is 13.8. The van der Waals surface area contributed by atoms with Crippen LogP contribution in [0.5, 0.6) is 0 Å². The molecule has 0 radical (unpaired) electrons. The molecule has 2 rings (SSSR count). The number of hydrogen-bond acceptors (Lipinski definition) is 4. The molecule has 0 bridgehead atoms. The van der Waals surface area contributed by atoms with Crippen molar-refractivity contribution in [1.29, 1.82) is 0 Å². The van der Waals surface area contributed by atoms with Crippen molar-refractivity contribution in [1.82, 2.24) is 13.9 Å². The molecule has 0 aliphatic carbocycles. The van der Waals surface area contributed by atoms with E-state index in [1.165, 1.54) is 31.1 Å². The number of nitrogens with one attached hydrogen (secondary N) is 1. The Morgan fingerprint density at radius 3 is 2.68 bits per heavy atom. The van der Waals surface area contributed by atoms with Gasteiger partial charge in [0.1, 0.15) is 0 Å². The molecule has 1 unspecified atom stereocenters. The summed E-state index contributed by atoms with van der Waals surface area (Å²) in [6, 6.07) is 3.09. The van der Waals surface area contributed by atoms with E-state index in [9.17, 15) is 26.8 Å². The van der Waals surface area contributed by atoms with Crippen molar-refractivity contribution in [2.24, 2.45) is 0 Å². The van der Waals surface area contributed by atoms with E-state index in [1.807, 2.05) is 4.72 Å². The molecule has 1 fully saturated rings. The van der Waals surface area contributed by atoms with Crippen molar-refractivity contribution in [2.45, 2.75) is 31.8 Å². The first-order valence-corrected chi connectivity index (χ1v) is 9.01. The summed E-state index contributed by atoms with van der Waals surface area (Å²) in [4.78, 5) is 25.2. The fourth-order valence-corrected chi connectivity index (χ4v) is 3.12. The molecule has 138 valence electrons. The molecule has 1 aliphatic heterocycles. The molecule has 1 heterocycles. The number of carbonyl (C=O) groups excluding carboxylic acids is 2. The van der Waals surface area contributed by atoms with Gasteiger partial charge in [-0.1, -0.05) is 12.1 Å². The third kappa shape index (κ3) is 4.51. The highest BCUT2D eigenvalue weighted by atomic mass is 32.2. The minimum absolute atomic E-state index is 0.00145. The van der Waals surface area contributed by atoms with Crippen LogP contribution < -0.4 is 4.72 Å². The van der Waals surface area contributed by atoms with Gasteiger partial charge in [-0.25, -0.2) is 13.5 Å². The second-order valence-electron chi connectivity index (χ2n) is 5.94. The van der Waals surface area contributed by atoms with Gasteiger partial charge in [0.25, 0.3) is 0 Å². The Labute approximate surface area is 144 Å². The van der Waals surface area contributed by atoms with Crippen molar-refractivity contribution < 1.29 is 26.8 Å². The van der Waals surface area contributed by atoms with Crippen molar-refractivity contribution in [2.75, 3.05) is 14.1 Å². The zero-order valence-electron chi connectivity index (χ0n) is 13.8. The van der Waals surface area contributed by atoms with Gasteiger partial charge < -0.3 is 4.90 Å². The number of hydrogen-bond donors (Lipinski definition) is 1. The number of likely N-dealkylation sites (tertiary alicyclic amines) is 1. The van der Waals surface area contributed by atoms with Crippen molar-refractivity contribution in [3.63, 3.8) is 0 Å². The first-order chi connectivity index (χ1) is 11.6. The summed E-state index contributed by atoms with van der Waals surface area (Å²) in [7, 11) is -1.38. The molecule has 1 N–H and O–H groups in total. The van der Waals surface area contributed by atoms with Gasteiger partial charge in [0, 0.05) is 45.1 Å². The maximum Gasteiger partial charge on any atom is 0.303 e. The van der Waals surface area contributed by atoms with Crippen molar-refractivity contribution in [3.8, 4) is 0 Å². The SMILES string of the molecule is CN(C)S(=O)(=O)NC(=O)CC1CCC(=O)N1Cc1cccc(F)c1F. The minimum atomic E-state index is -3.92. The van der Waals surface area contributed by atoms with Gasteiger partial charge in [-0.15, -0.1) is 0 Å². The maximum absolute atomic E-state index is 13.8. The van der Waals surface area contributed by atoms with Gasteiger partial charge in [0.05, 0.1) is 0 Å². The summed E-state index contributed by atoms with van der Waals surface area (Å²) >= 11 is 0. The second-order valence-corrected chi connectivity index (χ2v) is 7.83. The van der Waals surface area contributed by atoms with Gasteiger partial charge in [-0.3, -0.25) is 9.59 Å². The zero-order chi connectivity index (χ0) is 18.8. The van der Waals surface area contributed by atoms with E-state index < -0.39 is 33.8 Å². The molecule has 0 spiro atoms. The van der Waals surface area contributed by atoms with Crippen molar-refractivity contribution >= 4 is 22.0 Å². The molecule has 0 aromatic heterocycles. The Hall–Kier alpha value is -2.07. The van der Waals surface area contributed by atoms with Gasteiger partial charge >= 0.3 is 10.2 Å². The fourth-order valence-electron chi connectivity index (χ4n) is 2.57. The molecule has 1 atom stereocenters. The fraction of sp³-hybridized carbons (Fsp3) is 0.467. The molecule has 2 amide bonds. The molecule has 0 saturated carbocycles. The highest BCUT2D eigenvalue weighted by Crippen LogP contribution is 2.25. The van der Waals surface area contributed by atoms with E-state index in [0.29, 0.717) is 6.42 Å². The monoisotopic (exact) mass is 375 g/mol. The predicted molar refractivity (Wildman–Crippen MR) is 85.3 cm³/mol. The van der Waals surface area contributed by atoms with Crippen LogP contribution in [0.15, 0.2) is 18.2 Å². The Morgan fingerprint density at radius 2 is 2.04 bits per heavy atom. The van der Waals surface area contributed by atoms with Gasteiger partial charge in [0.2, 0.25) is 11.8 Å². The first kappa shape index (κ1) is 19.3. The lowest BCUT2D eigenvalue weighted by molar-refractivity contribution is -0.130. The normalized spacial score (nSPS) is 18.0. The minimum Gasteiger partial charge on any atom is -0.335 e. The highest BCUT2D eigenvalue weighted by Gasteiger charge is 2.34. The van der Waals surface area contributed by atoms with E-state index in [0.717, 1.165) is 10.4 Å². The Kier molecular flexibility index (Phi) is 5.73. The van der Waals surface area contributed by atoms with E-state index in [-0.39, 0.29) is 30.9 Å². The highest BCUT2D eigenvalue weighted by molar-refractivity contribution is 7.87. The average Bonchev–Trinajstić information content (AvgIpc) is 2.84. The molecule has 10 heteroatoms. The topological polar surface area (TPSA) is 86.8 Å². The zero-order valence-corrected chi connectivity index (χ0v) is 14.6. The Bertz CT molecular complexity index is 783. The average molecular weight is 375 g/mol. The van der Waals surface area contributed by atoms with E-state index in [1.54, 1.807) is 0 Å². The van der Waals surface area contributed by atoms with Crippen LogP contribution in [0.25, 0.3) is 0 Å². The molecule has 1 aromatic carbocycles. The van der Waals surface area contributed by atoms with Crippen LogP contribution in [0.1, 0.15) is 24.8 Å². The molecular weight excluding hydrogens is 356 g/mol. The van der Waals surface area contributed by atoms with Gasteiger partial charge in [-0.05, 0) is 12.5 Å². The van der Waals surface area contributed by atoms with Crippen LogP contribution >= 0.6 is 0 Å². The third-order valence-electron chi connectivity index (χ3n) is 3.97. The second kappa shape index (κ2) is 7.44. The molecule has 25 heavy (non-hydrogen) atoms. The lowest BCUT2D eigenvalue weighted by Gasteiger charge is -2.25. The standard InChI is InChI=1S/C15H19F2N3O4S/c1-19(2)25(23,24)18-13(21)8-11-6-7-14(22)20(11)9-10-4-3-5-12(16)15(10)17/h3-5,11H,6-9H2,1-2H3,(H,18,21). The van der Waals surface area contributed by atoms with Crippen molar-refractivity contribution in [3.05, 3.63) is 35.4 Å². The van der Waals surface area contributed by atoms with Crippen LogP contribution in [0.2, 0.25) is 0 Å². The molecule has 1 aliphatic rings. The molecule has 1 aromatic rings. The predicted octanol–water partition coefficient (Wildman–Crippen LogP) is 0.768. The summed E-state index contributed by atoms with van der Waals surface area (Å²) in [5, 5.41) is 0. The van der Waals surface area contributed by atoms with Crippen LogP contribution in [-0.4, -0.2) is 49.6 Å². The third-order valence-corrected chi connectivity index (χ3v) is 5.42. The summed E-state index contributed by atoms with van der Waals surface area (Å²) in [5.41, 5.74) is 0.00145. The largest absolute Gasteiger partial charge is 0.335 e. The van der Waals surface area contributed by atoms with Gasteiger partial charge in [-0.2, -0.15) is 12.7 Å². The summed E-state index contributed by atoms with van der Waals surface area (Å²) in [5.74, 6) is -3.12. The van der Waals surface area contributed by atoms with E-state index in [4.69, 9.17) is 0 Å². The number of nitrogens with zero attached hydrogens (tertiary/aromatic N) is 2. The Balaban J connectivity index is 2.09. The summed E-state index contributed by atoms with van der Waals surface area (Å²) < 4.78 is 53.2. The van der Waals surface area contributed by atoms with Crippen LogP contribution in [0.4, 0.5) is 8.78 Å². The molecule has 7 nitrogen and oxygen atoms in total. The quantitative estimate of drug-likeness (QED) is 0.796. The number of carbonyl (C=O) groups is 2. The molecule has 1 saturated heterocycles. The van der Waals surface area contributed by atoms with Crippen LogP contribution in [0.3, 0.4) is 0 Å². The number of rotatable bonds is 6. The lowest BCUT2D eigenvalue weighted by atomic mass is 10.1. The Morgan fingerprint density at radius 1 is 1.36 bits per heavy atom. The number of halogens is 2. The van der Waals surface area contributed by atoms with Crippen LogP contribution in [-0.2, 0) is 26.3 Å². The van der Waals surface area contributed by atoms with Crippen LogP contribution in [0, 0.1) is 11.6 Å². The number of amides is 2. The summed E-state index contributed by atoms with van der Waals surface area (Å²) in [6.07, 6.45) is 0.260. The number of benzene rings is 1. The lowest BCUT2D eigenvalue weighted by Crippen LogP contribution is -2.42. The van der Waals surface area contributed by atoms with Gasteiger partial charge in [0.15, 0.2) is 11.6 Å². The molecular formula is C15H19F2N3O4S. The van der Waals surface area contributed by atoms with E-state index >= 15 is 0 Å². The van der Waals surface area contributed by atoms with E-state index in [2.05, 4.69) is 0 Å². The first-order valence-electron chi connectivity index (χ1n) is 7.57. The smallest absolute Gasteiger partial charge is 0.303 e. The summed E-state index contributed by atoms with van der Waals surface area (Å²) in [6.45, 7) is -0.180.